The predicted octanol–water partition coefficient (Wildman–Crippen LogP) is 5.05. The normalized spacial score (nSPS) is 13.0. The first-order valence-corrected chi connectivity index (χ1v) is 10.4. The van der Waals surface area contributed by atoms with E-state index in [1.54, 1.807) is 0 Å². The second kappa shape index (κ2) is 7.10. The minimum absolute atomic E-state index is 0.0351. The predicted molar refractivity (Wildman–Crippen MR) is 89.7 cm³/mol. The highest BCUT2D eigenvalue weighted by molar-refractivity contribution is 6.74. The van der Waals surface area contributed by atoms with Crippen molar-refractivity contribution >= 4 is 19.7 Å². The SMILES string of the molecule is CC(C)(C)[Si](C)(C)OCCNc1ccc(C(F)(F)F)cc1[N+](=O)[O-]. The molecule has 0 aliphatic carbocycles. The van der Waals surface area contributed by atoms with E-state index >= 15 is 0 Å². The lowest BCUT2D eigenvalue weighted by molar-refractivity contribution is -0.384. The summed E-state index contributed by atoms with van der Waals surface area (Å²) in [6.45, 7) is 11.0. The van der Waals surface area contributed by atoms with E-state index in [1.807, 2.05) is 0 Å². The molecule has 0 heterocycles. The summed E-state index contributed by atoms with van der Waals surface area (Å²) in [6.07, 6.45) is -4.62. The number of hydrogen-bond donors (Lipinski definition) is 1. The molecule has 9 heteroatoms. The van der Waals surface area contributed by atoms with Crippen molar-refractivity contribution in [3.05, 3.63) is 33.9 Å². The minimum Gasteiger partial charge on any atom is -0.415 e. The summed E-state index contributed by atoms with van der Waals surface area (Å²) < 4.78 is 43.9. The van der Waals surface area contributed by atoms with Crippen molar-refractivity contribution in [2.24, 2.45) is 0 Å². The highest BCUT2D eigenvalue weighted by Gasteiger charge is 2.37. The number of nitro benzene ring substituents is 1. The third kappa shape index (κ3) is 5.20. The third-order valence-corrected chi connectivity index (χ3v) is 8.75. The van der Waals surface area contributed by atoms with E-state index in [2.05, 4.69) is 39.2 Å². The Morgan fingerprint density at radius 1 is 1.25 bits per heavy atom. The number of halogens is 3. The molecular weight excluding hydrogens is 341 g/mol. The molecule has 0 atom stereocenters. The van der Waals surface area contributed by atoms with E-state index in [-0.39, 0.29) is 17.3 Å². The van der Waals surface area contributed by atoms with Crippen LogP contribution in [0, 0.1) is 10.1 Å². The van der Waals surface area contributed by atoms with Gasteiger partial charge < -0.3 is 9.74 Å². The Kier molecular flexibility index (Phi) is 6.04. The summed E-state index contributed by atoms with van der Waals surface area (Å²) in [5.41, 5.74) is -1.60. The van der Waals surface area contributed by atoms with Gasteiger partial charge >= 0.3 is 6.18 Å². The van der Waals surface area contributed by atoms with E-state index in [4.69, 9.17) is 4.43 Å². The molecular formula is C15H23F3N2O3Si. The summed E-state index contributed by atoms with van der Waals surface area (Å²) in [4.78, 5) is 10.2. The lowest BCUT2D eigenvalue weighted by Crippen LogP contribution is -2.41. The van der Waals surface area contributed by atoms with Crippen molar-refractivity contribution in [3.63, 3.8) is 0 Å². The molecule has 0 saturated carbocycles. The van der Waals surface area contributed by atoms with E-state index in [0.717, 1.165) is 12.1 Å². The van der Waals surface area contributed by atoms with Crippen molar-refractivity contribution < 1.29 is 22.5 Å². The van der Waals surface area contributed by atoms with Crippen molar-refractivity contribution in [2.45, 2.75) is 45.1 Å². The molecule has 0 amide bonds. The van der Waals surface area contributed by atoms with Gasteiger partial charge in [0.15, 0.2) is 8.32 Å². The van der Waals surface area contributed by atoms with Crippen LogP contribution in [-0.4, -0.2) is 26.4 Å². The van der Waals surface area contributed by atoms with Gasteiger partial charge in [-0.15, -0.1) is 0 Å². The number of anilines is 1. The van der Waals surface area contributed by atoms with Gasteiger partial charge in [0, 0.05) is 12.6 Å². The zero-order valence-corrected chi connectivity index (χ0v) is 15.5. The second-order valence-corrected chi connectivity index (χ2v) is 11.8. The highest BCUT2D eigenvalue weighted by Crippen LogP contribution is 2.37. The fourth-order valence-electron chi connectivity index (χ4n) is 1.72. The van der Waals surface area contributed by atoms with Crippen LogP contribution in [0.1, 0.15) is 26.3 Å². The number of alkyl halides is 3. The molecule has 136 valence electrons. The van der Waals surface area contributed by atoms with Crippen LogP contribution in [0.4, 0.5) is 24.5 Å². The maximum atomic E-state index is 12.7. The molecule has 0 radical (unpaired) electrons. The lowest BCUT2D eigenvalue weighted by atomic mass is 10.1. The van der Waals surface area contributed by atoms with Crippen molar-refractivity contribution in [2.75, 3.05) is 18.5 Å². The Hall–Kier alpha value is -1.61. The Morgan fingerprint density at radius 3 is 2.29 bits per heavy atom. The van der Waals surface area contributed by atoms with Crippen LogP contribution in [0.3, 0.4) is 0 Å². The van der Waals surface area contributed by atoms with Crippen LogP contribution in [-0.2, 0) is 10.6 Å². The van der Waals surface area contributed by atoms with E-state index in [1.165, 1.54) is 0 Å². The first-order chi connectivity index (χ1) is 10.8. The number of benzene rings is 1. The van der Waals surface area contributed by atoms with Crippen LogP contribution in [0.25, 0.3) is 0 Å². The first-order valence-electron chi connectivity index (χ1n) is 7.49. The topological polar surface area (TPSA) is 64.4 Å². The first kappa shape index (κ1) is 20.4. The van der Waals surface area contributed by atoms with Crippen LogP contribution in [0.5, 0.6) is 0 Å². The van der Waals surface area contributed by atoms with Crippen LogP contribution in [0.15, 0.2) is 18.2 Å². The number of nitro groups is 1. The Labute approximate surface area is 140 Å². The largest absolute Gasteiger partial charge is 0.416 e. The van der Waals surface area contributed by atoms with Crippen molar-refractivity contribution in [3.8, 4) is 0 Å². The number of hydrogen-bond acceptors (Lipinski definition) is 4. The molecule has 1 N–H and O–H groups in total. The summed E-state index contributed by atoms with van der Waals surface area (Å²) in [5.74, 6) is 0. The Morgan fingerprint density at radius 2 is 1.83 bits per heavy atom. The molecule has 0 aliphatic rings. The van der Waals surface area contributed by atoms with E-state index < -0.39 is 30.7 Å². The number of rotatable bonds is 6. The van der Waals surface area contributed by atoms with E-state index in [0.29, 0.717) is 12.7 Å². The average Bonchev–Trinajstić information content (AvgIpc) is 2.41. The molecule has 0 bridgehead atoms. The highest BCUT2D eigenvalue weighted by atomic mass is 28.4. The quantitative estimate of drug-likeness (QED) is 0.332. The van der Waals surface area contributed by atoms with E-state index in [9.17, 15) is 23.3 Å². The zero-order valence-electron chi connectivity index (χ0n) is 14.5. The van der Waals surface area contributed by atoms with Gasteiger partial charge in [-0.3, -0.25) is 10.1 Å². The fourth-order valence-corrected chi connectivity index (χ4v) is 2.76. The van der Waals surface area contributed by atoms with Crippen molar-refractivity contribution in [1.29, 1.82) is 0 Å². The van der Waals surface area contributed by atoms with Crippen LogP contribution >= 0.6 is 0 Å². The molecule has 24 heavy (non-hydrogen) atoms. The van der Waals surface area contributed by atoms with Gasteiger partial charge in [-0.05, 0) is 30.3 Å². The Balaban J connectivity index is 2.77. The third-order valence-electron chi connectivity index (χ3n) is 4.21. The van der Waals surface area contributed by atoms with Crippen molar-refractivity contribution in [1.82, 2.24) is 0 Å². The van der Waals surface area contributed by atoms with Gasteiger partial charge in [0.2, 0.25) is 0 Å². The summed E-state index contributed by atoms with van der Waals surface area (Å²) >= 11 is 0. The number of nitrogens with one attached hydrogen (secondary N) is 1. The maximum absolute atomic E-state index is 12.7. The molecule has 0 aromatic heterocycles. The summed E-state index contributed by atoms with van der Waals surface area (Å²) in [6, 6.07) is 2.44. The van der Waals surface area contributed by atoms with Gasteiger partial charge in [-0.25, -0.2) is 0 Å². The molecule has 0 fully saturated rings. The average molecular weight is 364 g/mol. The fraction of sp³-hybridized carbons (Fsp3) is 0.600. The summed E-state index contributed by atoms with van der Waals surface area (Å²) in [5, 5.41) is 13.8. The lowest BCUT2D eigenvalue weighted by Gasteiger charge is -2.36. The van der Waals surface area contributed by atoms with Crippen LogP contribution in [0.2, 0.25) is 18.1 Å². The van der Waals surface area contributed by atoms with Gasteiger partial charge in [-0.1, -0.05) is 20.8 Å². The molecule has 1 aromatic rings. The molecule has 1 rings (SSSR count). The Bertz CT molecular complexity index is 599. The van der Waals surface area contributed by atoms with Crippen LogP contribution < -0.4 is 5.32 Å². The number of nitrogens with zero attached hydrogens (tertiary/aromatic N) is 1. The van der Waals surface area contributed by atoms with Gasteiger partial charge in [0.1, 0.15) is 5.69 Å². The summed E-state index contributed by atoms with van der Waals surface area (Å²) in [7, 11) is -1.93. The van der Waals surface area contributed by atoms with Gasteiger partial charge in [0.25, 0.3) is 5.69 Å². The smallest absolute Gasteiger partial charge is 0.415 e. The van der Waals surface area contributed by atoms with Gasteiger partial charge in [-0.2, -0.15) is 13.2 Å². The standard InChI is InChI=1S/C15H23F3N2O3Si/c1-14(2,3)24(4,5)23-9-8-19-12-7-6-11(15(16,17)18)10-13(12)20(21)22/h6-7,10,19H,8-9H2,1-5H3. The molecule has 0 spiro atoms. The molecule has 5 nitrogen and oxygen atoms in total. The molecule has 0 saturated heterocycles. The van der Waals surface area contributed by atoms with Gasteiger partial charge in [0.05, 0.1) is 17.1 Å². The second-order valence-electron chi connectivity index (χ2n) is 7.02. The maximum Gasteiger partial charge on any atom is 0.416 e. The zero-order chi connectivity index (χ0) is 18.8. The monoisotopic (exact) mass is 364 g/mol. The molecule has 0 unspecified atom stereocenters. The molecule has 0 aliphatic heterocycles. The minimum atomic E-state index is -4.62. The molecule has 1 aromatic carbocycles.